The lowest BCUT2D eigenvalue weighted by atomic mass is 10.2. The molecule has 0 aliphatic heterocycles. The summed E-state index contributed by atoms with van der Waals surface area (Å²) >= 11 is 8.56. The van der Waals surface area contributed by atoms with E-state index in [4.69, 9.17) is 0 Å². The van der Waals surface area contributed by atoms with Crippen LogP contribution in [0.25, 0.3) is 10.2 Å². The molecule has 0 unspecified atom stereocenters. The normalized spacial score (nSPS) is 11.0. The van der Waals surface area contributed by atoms with Crippen molar-refractivity contribution in [1.82, 2.24) is 4.98 Å². The van der Waals surface area contributed by atoms with Crippen molar-refractivity contribution < 1.29 is 4.39 Å². The molecule has 0 aliphatic carbocycles. The maximum atomic E-state index is 13.2. The Morgan fingerprint density at radius 2 is 1.85 bits per heavy atom. The van der Waals surface area contributed by atoms with Gasteiger partial charge < -0.3 is 5.32 Å². The van der Waals surface area contributed by atoms with E-state index in [0.29, 0.717) is 5.52 Å². The number of fused-ring (bicyclic) bond motifs is 1. The van der Waals surface area contributed by atoms with Crippen LogP contribution in [0.4, 0.5) is 15.2 Å². The third-order valence-corrected chi connectivity index (χ3v) is 4.97. The highest BCUT2D eigenvalue weighted by Crippen LogP contribution is 2.36. The van der Waals surface area contributed by atoms with Crippen molar-refractivity contribution in [3.63, 3.8) is 0 Å². The van der Waals surface area contributed by atoms with Crippen molar-refractivity contribution in [2.24, 2.45) is 0 Å². The molecule has 0 atom stereocenters. The molecule has 20 heavy (non-hydrogen) atoms. The van der Waals surface area contributed by atoms with Gasteiger partial charge in [-0.2, -0.15) is 0 Å². The van der Waals surface area contributed by atoms with Gasteiger partial charge in [0.25, 0.3) is 0 Å². The molecule has 0 radical (unpaired) electrons. The molecule has 1 N–H and O–H groups in total. The van der Waals surface area contributed by atoms with E-state index in [1.54, 1.807) is 6.07 Å². The number of hydrogen-bond donors (Lipinski definition) is 1. The summed E-state index contributed by atoms with van der Waals surface area (Å²) in [5.41, 5.74) is 2.73. The van der Waals surface area contributed by atoms with Crippen molar-refractivity contribution in [3.05, 3.63) is 50.7 Å². The lowest BCUT2D eigenvalue weighted by Crippen LogP contribution is -1.92. The van der Waals surface area contributed by atoms with E-state index >= 15 is 0 Å². The molecule has 1 aromatic heterocycles. The molecule has 2 nitrogen and oxygen atoms in total. The van der Waals surface area contributed by atoms with Crippen molar-refractivity contribution in [3.8, 4) is 0 Å². The second kappa shape index (κ2) is 5.42. The molecule has 1 heterocycles. The Hall–Kier alpha value is -0.980. The summed E-state index contributed by atoms with van der Waals surface area (Å²) in [6.07, 6.45) is 0. The lowest BCUT2D eigenvalue weighted by molar-refractivity contribution is 0.629. The number of anilines is 2. The Bertz CT molecular complexity index is 778. The second-order valence-electron chi connectivity index (χ2n) is 4.36. The fraction of sp³-hybridized carbons (Fsp3) is 0.0714. The maximum Gasteiger partial charge on any atom is 0.188 e. The highest BCUT2D eigenvalue weighted by atomic mass is 79.9. The van der Waals surface area contributed by atoms with Gasteiger partial charge in [0, 0.05) is 15.0 Å². The molecule has 0 amide bonds. The van der Waals surface area contributed by atoms with Crippen LogP contribution >= 0.6 is 43.2 Å². The molecule has 0 fully saturated rings. The summed E-state index contributed by atoms with van der Waals surface area (Å²) in [6, 6.07) is 8.69. The average Bonchev–Trinajstić information content (AvgIpc) is 2.75. The number of thiazole rings is 1. The number of aryl methyl sites for hydroxylation is 1. The third-order valence-electron chi connectivity index (χ3n) is 2.77. The summed E-state index contributed by atoms with van der Waals surface area (Å²) in [4.78, 5) is 4.40. The van der Waals surface area contributed by atoms with Crippen molar-refractivity contribution in [2.75, 3.05) is 5.32 Å². The number of aromatic nitrogens is 1. The number of hydrogen-bond acceptors (Lipinski definition) is 3. The van der Waals surface area contributed by atoms with Gasteiger partial charge in [-0.05, 0) is 68.6 Å². The Kier molecular flexibility index (Phi) is 3.79. The Labute approximate surface area is 136 Å². The van der Waals surface area contributed by atoms with Crippen LogP contribution < -0.4 is 5.32 Å². The van der Waals surface area contributed by atoms with Crippen LogP contribution in [0.1, 0.15) is 5.56 Å². The molecule has 102 valence electrons. The van der Waals surface area contributed by atoms with Crippen LogP contribution in [0.5, 0.6) is 0 Å². The first kappa shape index (κ1) is 14.0. The van der Waals surface area contributed by atoms with Crippen molar-refractivity contribution >= 4 is 64.2 Å². The van der Waals surface area contributed by atoms with E-state index in [1.807, 2.05) is 19.1 Å². The smallest absolute Gasteiger partial charge is 0.188 e. The molecule has 0 saturated heterocycles. The lowest BCUT2D eigenvalue weighted by Gasteiger charge is -2.09. The topological polar surface area (TPSA) is 24.9 Å². The van der Waals surface area contributed by atoms with Crippen LogP contribution in [0.3, 0.4) is 0 Å². The number of halogens is 3. The molecule has 0 bridgehead atoms. The Morgan fingerprint density at radius 1 is 1.15 bits per heavy atom. The van der Waals surface area contributed by atoms with Gasteiger partial charge in [-0.1, -0.05) is 11.3 Å². The summed E-state index contributed by atoms with van der Waals surface area (Å²) < 4.78 is 16.0. The first-order chi connectivity index (χ1) is 9.52. The Balaban J connectivity index is 2.01. The van der Waals surface area contributed by atoms with Crippen LogP contribution in [0.2, 0.25) is 0 Å². The predicted octanol–water partition coefficient (Wildman–Crippen LogP) is 6.01. The first-order valence-corrected chi connectivity index (χ1v) is 8.22. The van der Waals surface area contributed by atoms with Crippen LogP contribution in [-0.2, 0) is 0 Å². The van der Waals surface area contributed by atoms with Gasteiger partial charge in [0.15, 0.2) is 5.13 Å². The van der Waals surface area contributed by atoms with Gasteiger partial charge in [0.05, 0.1) is 15.9 Å². The van der Waals surface area contributed by atoms with E-state index in [9.17, 15) is 4.39 Å². The number of nitrogens with one attached hydrogen (secondary N) is 1. The molecule has 0 aliphatic rings. The average molecular weight is 416 g/mol. The van der Waals surface area contributed by atoms with E-state index in [0.717, 1.165) is 30.0 Å². The largest absolute Gasteiger partial charge is 0.330 e. The quantitative estimate of drug-likeness (QED) is 0.554. The highest BCUT2D eigenvalue weighted by molar-refractivity contribution is 9.11. The van der Waals surface area contributed by atoms with Gasteiger partial charge in [0.1, 0.15) is 5.82 Å². The fourth-order valence-electron chi connectivity index (χ4n) is 1.88. The van der Waals surface area contributed by atoms with Crippen LogP contribution in [0.15, 0.2) is 39.3 Å². The van der Waals surface area contributed by atoms with Gasteiger partial charge in [-0.25, -0.2) is 9.37 Å². The van der Waals surface area contributed by atoms with Crippen molar-refractivity contribution in [1.29, 1.82) is 0 Å². The van der Waals surface area contributed by atoms with E-state index in [1.165, 1.54) is 23.5 Å². The summed E-state index contributed by atoms with van der Waals surface area (Å²) in [7, 11) is 0. The summed E-state index contributed by atoms with van der Waals surface area (Å²) in [6.45, 7) is 2.03. The zero-order valence-corrected chi connectivity index (χ0v) is 14.4. The van der Waals surface area contributed by atoms with Crippen LogP contribution in [0, 0.1) is 12.7 Å². The zero-order chi connectivity index (χ0) is 14.3. The minimum Gasteiger partial charge on any atom is -0.330 e. The number of rotatable bonds is 2. The molecule has 3 rings (SSSR count). The van der Waals surface area contributed by atoms with Crippen LogP contribution in [-0.4, -0.2) is 4.98 Å². The predicted molar refractivity (Wildman–Crippen MR) is 89.4 cm³/mol. The SMILES string of the molecule is Cc1cc(Br)c(Nc2nc3cc(F)ccc3s2)c(Br)c1. The van der Waals surface area contributed by atoms with E-state index in [2.05, 4.69) is 42.2 Å². The second-order valence-corrected chi connectivity index (χ2v) is 7.10. The molecular weight excluding hydrogens is 407 g/mol. The van der Waals surface area contributed by atoms with E-state index < -0.39 is 0 Å². The maximum absolute atomic E-state index is 13.2. The van der Waals surface area contributed by atoms with Gasteiger partial charge in [0.2, 0.25) is 0 Å². The Morgan fingerprint density at radius 3 is 2.55 bits per heavy atom. The minimum atomic E-state index is -0.271. The van der Waals surface area contributed by atoms with Crippen molar-refractivity contribution in [2.45, 2.75) is 6.92 Å². The number of nitrogens with zero attached hydrogens (tertiary/aromatic N) is 1. The minimum absolute atomic E-state index is 0.271. The first-order valence-electron chi connectivity index (χ1n) is 5.82. The molecule has 6 heteroatoms. The molecular formula is C14H9Br2FN2S. The monoisotopic (exact) mass is 414 g/mol. The van der Waals surface area contributed by atoms with Gasteiger partial charge in [-0.3, -0.25) is 0 Å². The third kappa shape index (κ3) is 2.73. The standard InChI is InChI=1S/C14H9Br2FN2S/c1-7-4-9(15)13(10(16)5-7)19-14-18-11-6-8(17)2-3-12(11)20-14/h2-6H,1H3,(H,18,19). The summed E-state index contributed by atoms with van der Waals surface area (Å²) in [5.74, 6) is -0.271. The molecule has 0 spiro atoms. The van der Waals surface area contributed by atoms with E-state index in [-0.39, 0.29) is 5.82 Å². The van der Waals surface area contributed by atoms with Gasteiger partial charge in [-0.15, -0.1) is 0 Å². The highest BCUT2D eigenvalue weighted by Gasteiger charge is 2.10. The molecule has 0 saturated carbocycles. The molecule has 2 aromatic carbocycles. The molecule has 3 aromatic rings. The van der Waals surface area contributed by atoms with Gasteiger partial charge >= 0.3 is 0 Å². The fourth-order valence-corrected chi connectivity index (χ4v) is 4.34. The zero-order valence-electron chi connectivity index (χ0n) is 10.4. The summed E-state index contributed by atoms with van der Waals surface area (Å²) in [5, 5.41) is 4.00. The number of benzene rings is 2.